The Bertz CT molecular complexity index is 644. The number of primary amides is 1. The van der Waals surface area contributed by atoms with E-state index in [1.54, 1.807) is 42.0 Å². The lowest BCUT2D eigenvalue weighted by atomic mass is 10.1. The van der Waals surface area contributed by atoms with Gasteiger partial charge >= 0.3 is 0 Å². The van der Waals surface area contributed by atoms with Crippen molar-refractivity contribution in [2.24, 2.45) is 5.73 Å². The molecule has 0 radical (unpaired) electrons. The average molecular weight is 242 g/mol. The van der Waals surface area contributed by atoms with Gasteiger partial charge < -0.3 is 10.3 Å². The van der Waals surface area contributed by atoms with Crippen LogP contribution >= 0.6 is 0 Å². The quantitative estimate of drug-likeness (QED) is 0.881. The Kier molecular flexibility index (Phi) is 3.28. The van der Waals surface area contributed by atoms with Gasteiger partial charge in [-0.2, -0.15) is 0 Å². The third-order valence-electron chi connectivity index (χ3n) is 2.83. The number of aryl methyl sites for hydroxylation is 1. The van der Waals surface area contributed by atoms with Crippen molar-refractivity contribution in [3.05, 3.63) is 69.6 Å². The Balaban J connectivity index is 2.44. The summed E-state index contributed by atoms with van der Waals surface area (Å²) < 4.78 is 1.57. The van der Waals surface area contributed by atoms with Crippen LogP contribution in [0.15, 0.2) is 47.4 Å². The molecule has 0 atom stereocenters. The molecule has 4 heteroatoms. The Labute approximate surface area is 105 Å². The minimum atomic E-state index is -0.480. The summed E-state index contributed by atoms with van der Waals surface area (Å²) >= 11 is 0. The lowest BCUT2D eigenvalue weighted by molar-refractivity contribution is 0.0999. The van der Waals surface area contributed by atoms with E-state index in [0.717, 1.165) is 5.56 Å². The minimum absolute atomic E-state index is 0.0585. The maximum absolute atomic E-state index is 11.9. The first kappa shape index (κ1) is 12.1. The molecule has 1 amide bonds. The zero-order valence-corrected chi connectivity index (χ0v) is 10.1. The van der Waals surface area contributed by atoms with Gasteiger partial charge in [-0.15, -0.1) is 0 Å². The molecular weight excluding hydrogens is 228 g/mol. The molecule has 2 rings (SSSR count). The predicted octanol–water partition coefficient (Wildman–Crippen LogP) is 1.30. The van der Waals surface area contributed by atoms with Gasteiger partial charge in [-0.3, -0.25) is 9.59 Å². The van der Waals surface area contributed by atoms with Gasteiger partial charge in [0.2, 0.25) is 5.91 Å². The molecule has 1 heterocycles. The van der Waals surface area contributed by atoms with Crippen LogP contribution in [0.2, 0.25) is 0 Å². The first-order chi connectivity index (χ1) is 8.59. The molecule has 2 N–H and O–H groups in total. The molecule has 92 valence electrons. The van der Waals surface area contributed by atoms with Crippen molar-refractivity contribution in [1.29, 1.82) is 0 Å². The normalized spacial score (nSPS) is 10.3. The predicted molar refractivity (Wildman–Crippen MR) is 69.5 cm³/mol. The molecule has 0 aliphatic rings. The fourth-order valence-corrected chi connectivity index (χ4v) is 1.86. The van der Waals surface area contributed by atoms with Crippen molar-refractivity contribution in [3.8, 4) is 0 Å². The van der Waals surface area contributed by atoms with E-state index in [1.807, 2.05) is 12.1 Å². The first-order valence-corrected chi connectivity index (χ1v) is 5.63. The van der Waals surface area contributed by atoms with Gasteiger partial charge in [0.05, 0.1) is 6.54 Å². The van der Waals surface area contributed by atoms with Crippen molar-refractivity contribution in [1.82, 2.24) is 4.57 Å². The highest BCUT2D eigenvalue weighted by Crippen LogP contribution is 2.09. The number of hydrogen-bond acceptors (Lipinski definition) is 2. The number of carbonyl (C=O) groups excluding carboxylic acids is 1. The molecule has 0 aliphatic heterocycles. The van der Waals surface area contributed by atoms with E-state index in [9.17, 15) is 9.59 Å². The summed E-state index contributed by atoms with van der Waals surface area (Å²) in [5.41, 5.74) is 7.12. The number of hydrogen-bond donors (Lipinski definition) is 1. The molecule has 4 nitrogen and oxygen atoms in total. The third-order valence-corrected chi connectivity index (χ3v) is 2.83. The summed E-state index contributed by atoms with van der Waals surface area (Å²) in [6.07, 6.45) is 1.70. The Morgan fingerprint density at radius 3 is 2.67 bits per heavy atom. The standard InChI is InChI=1S/C14H14N2O2/c1-10-5-4-8-16(14(10)18)9-11-6-2-3-7-12(11)13(15)17/h2-8H,9H2,1H3,(H2,15,17). The molecule has 0 spiro atoms. The van der Waals surface area contributed by atoms with Crippen LogP contribution in [0.3, 0.4) is 0 Å². The second-order valence-electron chi connectivity index (χ2n) is 4.15. The van der Waals surface area contributed by atoms with Crippen LogP contribution in [-0.4, -0.2) is 10.5 Å². The molecule has 0 unspecified atom stereocenters. The molecule has 0 fully saturated rings. The fourth-order valence-electron chi connectivity index (χ4n) is 1.86. The highest BCUT2D eigenvalue weighted by molar-refractivity contribution is 5.94. The van der Waals surface area contributed by atoms with Crippen molar-refractivity contribution >= 4 is 5.91 Å². The smallest absolute Gasteiger partial charge is 0.253 e. The van der Waals surface area contributed by atoms with Crippen LogP contribution in [0.5, 0.6) is 0 Å². The van der Waals surface area contributed by atoms with Crippen molar-refractivity contribution < 1.29 is 4.79 Å². The van der Waals surface area contributed by atoms with E-state index in [1.165, 1.54) is 0 Å². The highest BCUT2D eigenvalue weighted by atomic mass is 16.1. The molecule has 18 heavy (non-hydrogen) atoms. The largest absolute Gasteiger partial charge is 0.366 e. The molecule has 1 aromatic carbocycles. The topological polar surface area (TPSA) is 65.1 Å². The molecule has 0 saturated heterocycles. The van der Waals surface area contributed by atoms with E-state index in [-0.39, 0.29) is 5.56 Å². The van der Waals surface area contributed by atoms with Crippen LogP contribution in [0.4, 0.5) is 0 Å². The SMILES string of the molecule is Cc1cccn(Cc2ccccc2C(N)=O)c1=O. The Hall–Kier alpha value is -2.36. The summed E-state index contributed by atoms with van der Waals surface area (Å²) in [5, 5.41) is 0. The second-order valence-corrected chi connectivity index (χ2v) is 4.15. The molecular formula is C14H14N2O2. The third kappa shape index (κ3) is 2.32. The van der Waals surface area contributed by atoms with Gasteiger partial charge in [0.1, 0.15) is 0 Å². The van der Waals surface area contributed by atoms with Gasteiger partial charge in [0.15, 0.2) is 0 Å². The minimum Gasteiger partial charge on any atom is -0.366 e. The lowest BCUT2D eigenvalue weighted by Gasteiger charge is -2.09. The summed E-state index contributed by atoms with van der Waals surface area (Å²) in [6.45, 7) is 2.11. The summed E-state index contributed by atoms with van der Waals surface area (Å²) in [7, 11) is 0. The van der Waals surface area contributed by atoms with Gasteiger partial charge in [0, 0.05) is 17.3 Å². The molecule has 2 aromatic rings. The van der Waals surface area contributed by atoms with E-state index < -0.39 is 5.91 Å². The first-order valence-electron chi connectivity index (χ1n) is 5.63. The van der Waals surface area contributed by atoms with Crippen molar-refractivity contribution in [2.75, 3.05) is 0 Å². The lowest BCUT2D eigenvalue weighted by Crippen LogP contribution is -2.23. The van der Waals surface area contributed by atoms with Crippen molar-refractivity contribution in [2.45, 2.75) is 13.5 Å². The molecule has 0 bridgehead atoms. The van der Waals surface area contributed by atoms with E-state index in [4.69, 9.17) is 5.73 Å². The Morgan fingerprint density at radius 1 is 1.22 bits per heavy atom. The van der Waals surface area contributed by atoms with E-state index >= 15 is 0 Å². The number of nitrogens with two attached hydrogens (primary N) is 1. The van der Waals surface area contributed by atoms with Crippen LogP contribution < -0.4 is 11.3 Å². The zero-order chi connectivity index (χ0) is 13.1. The number of amides is 1. The van der Waals surface area contributed by atoms with Gasteiger partial charge in [-0.1, -0.05) is 24.3 Å². The van der Waals surface area contributed by atoms with Gasteiger partial charge in [-0.05, 0) is 24.6 Å². The summed E-state index contributed by atoms with van der Waals surface area (Å²) in [5.74, 6) is -0.480. The van der Waals surface area contributed by atoms with Crippen molar-refractivity contribution in [3.63, 3.8) is 0 Å². The van der Waals surface area contributed by atoms with Crippen LogP contribution in [0, 0.1) is 6.92 Å². The van der Waals surface area contributed by atoms with Gasteiger partial charge in [0.25, 0.3) is 5.56 Å². The second kappa shape index (κ2) is 4.87. The summed E-state index contributed by atoms with van der Waals surface area (Å²) in [4.78, 5) is 23.2. The van der Waals surface area contributed by atoms with E-state index in [0.29, 0.717) is 17.7 Å². The maximum atomic E-state index is 11.9. The van der Waals surface area contributed by atoms with Crippen LogP contribution in [0.25, 0.3) is 0 Å². The highest BCUT2D eigenvalue weighted by Gasteiger charge is 2.08. The average Bonchev–Trinajstić information content (AvgIpc) is 2.35. The van der Waals surface area contributed by atoms with E-state index in [2.05, 4.69) is 0 Å². The van der Waals surface area contributed by atoms with Crippen LogP contribution in [-0.2, 0) is 6.54 Å². The number of pyridine rings is 1. The number of benzene rings is 1. The summed E-state index contributed by atoms with van der Waals surface area (Å²) in [6, 6.07) is 10.6. The molecule has 0 aliphatic carbocycles. The molecule has 0 saturated carbocycles. The van der Waals surface area contributed by atoms with Gasteiger partial charge in [-0.25, -0.2) is 0 Å². The molecule has 1 aromatic heterocycles. The maximum Gasteiger partial charge on any atom is 0.253 e. The Morgan fingerprint density at radius 2 is 1.94 bits per heavy atom. The van der Waals surface area contributed by atoms with Crippen LogP contribution in [0.1, 0.15) is 21.5 Å². The fraction of sp³-hybridized carbons (Fsp3) is 0.143. The number of rotatable bonds is 3. The number of nitrogens with zero attached hydrogens (tertiary/aromatic N) is 1. The number of carbonyl (C=O) groups is 1. The monoisotopic (exact) mass is 242 g/mol. The number of aromatic nitrogens is 1. The zero-order valence-electron chi connectivity index (χ0n) is 10.1.